The summed E-state index contributed by atoms with van der Waals surface area (Å²) < 4.78 is 16.1. The lowest BCUT2D eigenvalue weighted by Crippen LogP contribution is -2.52. The Bertz CT molecular complexity index is 1050. The van der Waals surface area contributed by atoms with Gasteiger partial charge in [-0.05, 0) is 19.1 Å². The van der Waals surface area contributed by atoms with Gasteiger partial charge in [0.1, 0.15) is 0 Å². The molecule has 4 rings (SSSR count). The van der Waals surface area contributed by atoms with Gasteiger partial charge >= 0.3 is 11.9 Å². The number of anilines is 1. The molecule has 0 radical (unpaired) electrons. The van der Waals surface area contributed by atoms with E-state index in [-0.39, 0.29) is 11.4 Å². The van der Waals surface area contributed by atoms with Gasteiger partial charge in [-0.25, -0.2) is 4.90 Å². The van der Waals surface area contributed by atoms with Gasteiger partial charge in [-0.1, -0.05) is 12.1 Å². The number of rotatable bonds is 5. The molecule has 3 aliphatic rings. The third-order valence-corrected chi connectivity index (χ3v) is 5.64. The second-order valence-corrected chi connectivity index (χ2v) is 7.59. The fraction of sp³-hybridized carbons (Fsp3) is 0.400. The first-order valence-corrected chi connectivity index (χ1v) is 9.41. The van der Waals surface area contributed by atoms with Crippen LogP contribution in [-0.2, 0) is 33.4 Å². The third kappa shape index (κ3) is 3.00. The van der Waals surface area contributed by atoms with Gasteiger partial charge in [0, 0.05) is 25.5 Å². The quantitative estimate of drug-likeness (QED) is 0.168. The van der Waals surface area contributed by atoms with Gasteiger partial charge < -0.3 is 14.2 Å². The number of ether oxygens (including phenoxy) is 3. The summed E-state index contributed by atoms with van der Waals surface area (Å²) >= 11 is 0. The second-order valence-electron chi connectivity index (χ2n) is 7.59. The van der Waals surface area contributed by atoms with Crippen LogP contribution < -0.4 is 4.90 Å². The molecule has 1 aromatic rings. The van der Waals surface area contributed by atoms with Gasteiger partial charge in [-0.2, -0.15) is 0 Å². The number of fused-ring (bicyclic) bond motifs is 5. The molecule has 2 amide bonds. The van der Waals surface area contributed by atoms with Gasteiger partial charge in [0.15, 0.2) is 5.60 Å². The molecule has 0 aromatic heterocycles. The topological polar surface area (TPSA) is 142 Å². The Morgan fingerprint density at radius 2 is 1.84 bits per heavy atom. The maximum absolute atomic E-state index is 13.4. The Balaban J connectivity index is 1.76. The number of carbonyl (C=O) groups is 4. The first-order chi connectivity index (χ1) is 14.6. The summed E-state index contributed by atoms with van der Waals surface area (Å²) in [6, 6.07) is 4.05. The summed E-state index contributed by atoms with van der Waals surface area (Å²) in [6.07, 6.45) is 0.623. The molecule has 162 valence electrons. The minimum atomic E-state index is -1.68. The summed E-state index contributed by atoms with van der Waals surface area (Å²) in [5.41, 5.74) is -1.49. The fourth-order valence-electron chi connectivity index (χ4n) is 4.40. The third-order valence-electron chi connectivity index (χ3n) is 5.64. The average molecular weight is 430 g/mol. The molecule has 2 saturated heterocycles. The number of benzene rings is 1. The van der Waals surface area contributed by atoms with Crippen molar-refractivity contribution in [3.63, 3.8) is 0 Å². The van der Waals surface area contributed by atoms with Crippen molar-refractivity contribution in [1.82, 2.24) is 0 Å². The standard InChI is InChI=1S/C20H18N2O9/c1-9-4-5-12(8-13(9)22(27)28)21-17(25)15-14-6-7-20(31-14,16(15)18(21)26)19(29-10(2)23)30-11(3)24/h4-8,14-16,19H,1-3H3/t14-,15-,16+,20-/m0/s1. The number of carbonyl (C=O) groups excluding carboxylic acids is 4. The highest BCUT2D eigenvalue weighted by Gasteiger charge is 2.72. The Labute approximate surface area is 175 Å². The van der Waals surface area contributed by atoms with Crippen molar-refractivity contribution in [3.05, 3.63) is 46.0 Å². The number of nitro benzene ring substituents is 1. The highest BCUT2D eigenvalue weighted by atomic mass is 16.7. The zero-order chi connectivity index (χ0) is 22.7. The first-order valence-electron chi connectivity index (χ1n) is 9.41. The van der Waals surface area contributed by atoms with Crippen LogP contribution in [0.15, 0.2) is 30.4 Å². The molecule has 0 saturated carbocycles. The summed E-state index contributed by atoms with van der Waals surface area (Å²) in [5, 5.41) is 11.3. The first kappa shape index (κ1) is 20.7. The van der Waals surface area contributed by atoms with E-state index in [1.807, 2.05) is 0 Å². The zero-order valence-corrected chi connectivity index (χ0v) is 16.8. The van der Waals surface area contributed by atoms with E-state index in [4.69, 9.17) is 14.2 Å². The van der Waals surface area contributed by atoms with Crippen LogP contribution in [0.3, 0.4) is 0 Å². The molecule has 11 nitrogen and oxygen atoms in total. The van der Waals surface area contributed by atoms with E-state index in [1.165, 1.54) is 18.2 Å². The van der Waals surface area contributed by atoms with Gasteiger partial charge in [-0.15, -0.1) is 0 Å². The van der Waals surface area contributed by atoms with Crippen LogP contribution in [0.4, 0.5) is 11.4 Å². The number of amides is 2. The van der Waals surface area contributed by atoms with Crippen LogP contribution in [-0.4, -0.2) is 46.7 Å². The van der Waals surface area contributed by atoms with Crippen LogP contribution in [0, 0.1) is 28.9 Å². The number of nitrogens with zero attached hydrogens (tertiary/aromatic N) is 2. The van der Waals surface area contributed by atoms with Crippen molar-refractivity contribution in [2.45, 2.75) is 38.8 Å². The summed E-state index contributed by atoms with van der Waals surface area (Å²) in [6.45, 7) is 3.75. The molecule has 11 heteroatoms. The van der Waals surface area contributed by atoms with E-state index < -0.39 is 58.5 Å². The number of esters is 2. The largest absolute Gasteiger partial charge is 0.422 e. The number of hydrogen-bond donors (Lipinski definition) is 0. The van der Waals surface area contributed by atoms with Crippen molar-refractivity contribution in [3.8, 4) is 0 Å². The fourth-order valence-corrected chi connectivity index (χ4v) is 4.40. The number of nitro groups is 1. The molecule has 31 heavy (non-hydrogen) atoms. The van der Waals surface area contributed by atoms with Crippen LogP contribution in [0.5, 0.6) is 0 Å². The maximum atomic E-state index is 13.4. The smallest absolute Gasteiger partial charge is 0.305 e. The van der Waals surface area contributed by atoms with E-state index in [9.17, 15) is 29.3 Å². The second kappa shape index (κ2) is 6.98. The van der Waals surface area contributed by atoms with Gasteiger partial charge in [0.2, 0.25) is 11.8 Å². The lowest BCUT2D eigenvalue weighted by molar-refractivity contribution is -0.385. The molecule has 3 aliphatic heterocycles. The van der Waals surface area contributed by atoms with Crippen LogP contribution >= 0.6 is 0 Å². The van der Waals surface area contributed by atoms with E-state index >= 15 is 0 Å². The molecule has 0 N–H and O–H groups in total. The highest BCUT2D eigenvalue weighted by molar-refractivity contribution is 6.23. The number of imide groups is 1. The average Bonchev–Trinajstić information content (AvgIpc) is 3.32. The van der Waals surface area contributed by atoms with Crippen molar-refractivity contribution in [2.75, 3.05) is 4.90 Å². The lowest BCUT2D eigenvalue weighted by atomic mass is 9.76. The van der Waals surface area contributed by atoms with Crippen LogP contribution in [0.25, 0.3) is 0 Å². The Morgan fingerprint density at radius 3 is 2.42 bits per heavy atom. The predicted molar refractivity (Wildman–Crippen MR) is 101 cm³/mol. The molecule has 1 aromatic carbocycles. The minimum Gasteiger partial charge on any atom is -0.422 e. The zero-order valence-electron chi connectivity index (χ0n) is 16.8. The molecule has 4 atom stereocenters. The number of aryl methyl sites for hydroxylation is 1. The van der Waals surface area contributed by atoms with Gasteiger partial charge in [0.05, 0.1) is 28.6 Å². The molecule has 2 fully saturated rings. The van der Waals surface area contributed by atoms with Crippen molar-refractivity contribution >= 4 is 35.1 Å². The molecule has 3 heterocycles. The highest BCUT2D eigenvalue weighted by Crippen LogP contribution is 2.54. The molecule has 2 bridgehead atoms. The van der Waals surface area contributed by atoms with Crippen molar-refractivity contribution < 1.29 is 38.3 Å². The van der Waals surface area contributed by atoms with E-state index in [1.54, 1.807) is 13.0 Å². The maximum Gasteiger partial charge on any atom is 0.305 e. The van der Waals surface area contributed by atoms with Crippen LogP contribution in [0.1, 0.15) is 19.4 Å². The molecule has 0 aliphatic carbocycles. The molecular weight excluding hydrogens is 412 g/mol. The predicted octanol–water partition coefficient (Wildman–Crippen LogP) is 1.17. The van der Waals surface area contributed by atoms with E-state index in [0.29, 0.717) is 5.56 Å². The molecule has 0 spiro atoms. The molecule has 0 unspecified atom stereocenters. The number of hydrogen-bond acceptors (Lipinski definition) is 9. The van der Waals surface area contributed by atoms with Gasteiger partial charge in [-0.3, -0.25) is 29.3 Å². The Morgan fingerprint density at radius 1 is 1.19 bits per heavy atom. The van der Waals surface area contributed by atoms with Crippen LogP contribution in [0.2, 0.25) is 0 Å². The monoisotopic (exact) mass is 430 g/mol. The summed E-state index contributed by atoms with van der Waals surface area (Å²) in [7, 11) is 0. The Hall–Kier alpha value is -3.60. The van der Waals surface area contributed by atoms with E-state index in [0.717, 1.165) is 24.8 Å². The SMILES string of the molecule is CC(=O)OC(OC(C)=O)[C@@]12C=C[C@H](O1)[C@@H]1C(=O)N(c3ccc(C)c([N+](=O)[O-])c3)C(=O)[C@@H]12. The van der Waals surface area contributed by atoms with E-state index in [2.05, 4.69) is 0 Å². The molecular formula is C20H18N2O9. The summed E-state index contributed by atoms with van der Waals surface area (Å²) in [4.78, 5) is 61.3. The van der Waals surface area contributed by atoms with Crippen molar-refractivity contribution in [2.24, 2.45) is 11.8 Å². The lowest BCUT2D eigenvalue weighted by Gasteiger charge is -2.34. The normalized spacial score (nSPS) is 28.3. The summed E-state index contributed by atoms with van der Waals surface area (Å²) in [5.74, 6) is -4.93. The van der Waals surface area contributed by atoms with Crippen molar-refractivity contribution in [1.29, 1.82) is 0 Å². The minimum absolute atomic E-state index is 0.0489. The Kier molecular flexibility index (Phi) is 4.65. The van der Waals surface area contributed by atoms with Gasteiger partial charge in [0.25, 0.3) is 12.0 Å².